The predicted octanol–water partition coefficient (Wildman–Crippen LogP) is 2.13. The molecule has 0 aromatic carbocycles. The molecule has 0 bridgehead atoms. The molecule has 1 amide bonds. The number of alkyl carbamates (subject to hydrolysis) is 1. The third-order valence-corrected chi connectivity index (χ3v) is 3.77. The third kappa shape index (κ3) is 4.73. The summed E-state index contributed by atoms with van der Waals surface area (Å²) in [6, 6.07) is 0.664. The van der Waals surface area contributed by atoms with Gasteiger partial charge in [-0.15, -0.1) is 0 Å². The smallest absolute Gasteiger partial charge is 0.407 e. The van der Waals surface area contributed by atoms with Crippen molar-refractivity contribution in [2.45, 2.75) is 71.2 Å². The molecule has 1 aliphatic carbocycles. The molecule has 1 heterocycles. The minimum absolute atomic E-state index is 0.215. The van der Waals surface area contributed by atoms with Crippen LogP contribution in [-0.4, -0.2) is 33.6 Å². The second-order valence-electron chi connectivity index (χ2n) is 7.02. The van der Waals surface area contributed by atoms with Crippen LogP contribution in [0.3, 0.4) is 0 Å². The van der Waals surface area contributed by atoms with Gasteiger partial charge >= 0.3 is 6.09 Å². The SMILES string of the molecule is CCc1nn(C)cc1CNC1CC(NC(=O)OC(C)(C)C)C1. The summed E-state index contributed by atoms with van der Waals surface area (Å²) < 4.78 is 7.12. The highest BCUT2D eigenvalue weighted by Gasteiger charge is 2.31. The van der Waals surface area contributed by atoms with Crippen LogP contribution in [0.4, 0.5) is 4.79 Å². The van der Waals surface area contributed by atoms with Crippen LogP contribution in [0.1, 0.15) is 51.8 Å². The van der Waals surface area contributed by atoms with Crippen molar-refractivity contribution < 1.29 is 9.53 Å². The molecule has 0 unspecified atom stereocenters. The lowest BCUT2D eigenvalue weighted by Gasteiger charge is -2.36. The fourth-order valence-electron chi connectivity index (χ4n) is 2.66. The molecule has 1 saturated carbocycles. The number of hydrogen-bond donors (Lipinski definition) is 2. The Balaban J connectivity index is 1.68. The molecule has 1 aromatic heterocycles. The van der Waals surface area contributed by atoms with Crippen LogP contribution in [0.15, 0.2) is 6.20 Å². The van der Waals surface area contributed by atoms with E-state index in [0.29, 0.717) is 6.04 Å². The van der Waals surface area contributed by atoms with Crippen molar-refractivity contribution in [2.24, 2.45) is 7.05 Å². The number of nitrogens with one attached hydrogen (secondary N) is 2. The first-order valence-corrected chi connectivity index (χ1v) is 8.01. The van der Waals surface area contributed by atoms with Gasteiger partial charge in [0.1, 0.15) is 5.60 Å². The van der Waals surface area contributed by atoms with Crippen molar-refractivity contribution in [2.75, 3.05) is 0 Å². The van der Waals surface area contributed by atoms with E-state index in [1.54, 1.807) is 0 Å². The quantitative estimate of drug-likeness (QED) is 0.874. The first-order valence-electron chi connectivity index (χ1n) is 8.01. The van der Waals surface area contributed by atoms with Crippen LogP contribution in [-0.2, 0) is 24.8 Å². The average molecular weight is 308 g/mol. The molecule has 0 radical (unpaired) electrons. The second kappa shape index (κ2) is 6.69. The Kier molecular flexibility index (Phi) is 5.11. The van der Waals surface area contributed by atoms with E-state index in [-0.39, 0.29) is 12.1 Å². The molecule has 0 aliphatic heterocycles. The molecule has 6 heteroatoms. The number of carbonyl (C=O) groups is 1. The Labute approximate surface area is 132 Å². The van der Waals surface area contributed by atoms with E-state index in [9.17, 15) is 4.79 Å². The Morgan fingerprint density at radius 3 is 2.68 bits per heavy atom. The topological polar surface area (TPSA) is 68.2 Å². The van der Waals surface area contributed by atoms with Gasteiger partial charge in [0.15, 0.2) is 0 Å². The van der Waals surface area contributed by atoms with Gasteiger partial charge in [0, 0.05) is 37.4 Å². The van der Waals surface area contributed by atoms with E-state index >= 15 is 0 Å². The van der Waals surface area contributed by atoms with Crippen LogP contribution < -0.4 is 10.6 Å². The van der Waals surface area contributed by atoms with Crippen LogP contribution in [0, 0.1) is 0 Å². The Bertz CT molecular complexity index is 513. The number of ether oxygens (including phenoxy) is 1. The normalized spacial score (nSPS) is 21.3. The zero-order valence-electron chi connectivity index (χ0n) is 14.3. The fraction of sp³-hybridized carbons (Fsp3) is 0.750. The van der Waals surface area contributed by atoms with E-state index in [0.717, 1.165) is 31.5 Å². The molecule has 2 N–H and O–H groups in total. The van der Waals surface area contributed by atoms with Crippen LogP contribution in [0.25, 0.3) is 0 Å². The highest BCUT2D eigenvalue weighted by molar-refractivity contribution is 5.68. The van der Waals surface area contributed by atoms with E-state index in [1.807, 2.05) is 32.5 Å². The van der Waals surface area contributed by atoms with Crippen LogP contribution in [0.2, 0.25) is 0 Å². The number of hydrogen-bond acceptors (Lipinski definition) is 4. The Hall–Kier alpha value is -1.56. The Morgan fingerprint density at radius 2 is 2.09 bits per heavy atom. The summed E-state index contributed by atoms with van der Waals surface area (Å²) in [5, 5.41) is 10.9. The van der Waals surface area contributed by atoms with Crippen LogP contribution in [0.5, 0.6) is 0 Å². The first-order chi connectivity index (χ1) is 10.3. The zero-order valence-corrected chi connectivity index (χ0v) is 14.3. The van der Waals surface area contributed by atoms with Gasteiger partial charge in [-0.05, 0) is 40.0 Å². The number of amides is 1. The van der Waals surface area contributed by atoms with Crippen molar-refractivity contribution in [3.8, 4) is 0 Å². The lowest BCUT2D eigenvalue weighted by molar-refractivity contribution is 0.0465. The highest BCUT2D eigenvalue weighted by atomic mass is 16.6. The molecule has 6 nitrogen and oxygen atoms in total. The molecular formula is C16H28N4O2. The maximum atomic E-state index is 11.7. The molecule has 22 heavy (non-hydrogen) atoms. The summed E-state index contributed by atoms with van der Waals surface area (Å²) in [6.07, 6.45) is 4.59. The van der Waals surface area contributed by atoms with Gasteiger partial charge in [0.05, 0.1) is 5.69 Å². The number of aryl methyl sites for hydroxylation is 2. The van der Waals surface area contributed by atoms with Crippen LogP contribution >= 0.6 is 0 Å². The van der Waals surface area contributed by atoms with Crippen molar-refractivity contribution in [3.05, 3.63) is 17.5 Å². The standard InChI is InChI=1S/C16H28N4O2/c1-6-14-11(10-20(5)19-14)9-17-12-7-13(8-12)18-15(21)22-16(2,3)4/h10,12-13,17H,6-9H2,1-5H3,(H,18,21). The summed E-state index contributed by atoms with van der Waals surface area (Å²) >= 11 is 0. The largest absolute Gasteiger partial charge is 0.444 e. The summed E-state index contributed by atoms with van der Waals surface area (Å²) in [4.78, 5) is 11.7. The van der Waals surface area contributed by atoms with E-state index < -0.39 is 5.60 Å². The lowest BCUT2D eigenvalue weighted by atomic mass is 9.86. The van der Waals surface area contributed by atoms with Gasteiger partial charge < -0.3 is 15.4 Å². The van der Waals surface area contributed by atoms with Gasteiger partial charge in [-0.1, -0.05) is 6.92 Å². The first kappa shape index (κ1) is 16.8. The second-order valence-corrected chi connectivity index (χ2v) is 7.02. The monoisotopic (exact) mass is 308 g/mol. The lowest BCUT2D eigenvalue weighted by Crippen LogP contribution is -2.53. The van der Waals surface area contributed by atoms with E-state index in [1.165, 1.54) is 5.56 Å². The van der Waals surface area contributed by atoms with E-state index in [4.69, 9.17) is 4.74 Å². The van der Waals surface area contributed by atoms with Gasteiger partial charge in [-0.25, -0.2) is 4.79 Å². The molecule has 0 atom stereocenters. The summed E-state index contributed by atoms with van der Waals surface area (Å²) in [7, 11) is 1.95. The maximum Gasteiger partial charge on any atom is 0.407 e. The summed E-state index contributed by atoms with van der Waals surface area (Å²) in [6.45, 7) is 8.57. The molecule has 0 saturated heterocycles. The molecule has 1 fully saturated rings. The van der Waals surface area contributed by atoms with Crippen molar-refractivity contribution in [1.29, 1.82) is 0 Å². The number of rotatable bonds is 5. The molecule has 0 spiro atoms. The average Bonchev–Trinajstić information content (AvgIpc) is 2.70. The number of nitrogens with zero attached hydrogens (tertiary/aromatic N) is 2. The predicted molar refractivity (Wildman–Crippen MR) is 85.6 cm³/mol. The van der Waals surface area contributed by atoms with Gasteiger partial charge in [-0.3, -0.25) is 4.68 Å². The van der Waals surface area contributed by atoms with Gasteiger partial charge in [-0.2, -0.15) is 5.10 Å². The van der Waals surface area contributed by atoms with E-state index in [2.05, 4.69) is 28.9 Å². The number of carbonyl (C=O) groups excluding carboxylic acids is 1. The van der Waals surface area contributed by atoms with Crippen molar-refractivity contribution in [1.82, 2.24) is 20.4 Å². The zero-order chi connectivity index (χ0) is 16.3. The van der Waals surface area contributed by atoms with Crippen molar-refractivity contribution in [3.63, 3.8) is 0 Å². The molecule has 1 aromatic rings. The molecular weight excluding hydrogens is 280 g/mol. The molecule has 1 aliphatic rings. The fourth-order valence-corrected chi connectivity index (χ4v) is 2.66. The summed E-state index contributed by atoms with van der Waals surface area (Å²) in [5.41, 5.74) is 1.97. The van der Waals surface area contributed by atoms with Gasteiger partial charge in [0.2, 0.25) is 0 Å². The summed E-state index contributed by atoms with van der Waals surface area (Å²) in [5.74, 6) is 0. The Morgan fingerprint density at radius 1 is 1.41 bits per heavy atom. The minimum Gasteiger partial charge on any atom is -0.444 e. The molecule has 2 rings (SSSR count). The highest BCUT2D eigenvalue weighted by Crippen LogP contribution is 2.21. The third-order valence-electron chi connectivity index (χ3n) is 3.77. The molecule has 124 valence electrons. The number of aromatic nitrogens is 2. The maximum absolute atomic E-state index is 11.7. The minimum atomic E-state index is -0.442. The van der Waals surface area contributed by atoms with Gasteiger partial charge in [0.25, 0.3) is 0 Å². The van der Waals surface area contributed by atoms with Crippen molar-refractivity contribution >= 4 is 6.09 Å².